The van der Waals surface area contributed by atoms with E-state index in [2.05, 4.69) is 30.8 Å². The monoisotopic (exact) mass is 456 g/mol. The molecule has 1 atom stereocenters. The van der Waals surface area contributed by atoms with Crippen molar-refractivity contribution < 1.29 is 14.3 Å². The predicted molar refractivity (Wildman–Crippen MR) is 114 cm³/mol. The van der Waals surface area contributed by atoms with E-state index in [-0.39, 0.29) is 31.0 Å². The molecule has 0 radical (unpaired) electrons. The summed E-state index contributed by atoms with van der Waals surface area (Å²) in [7, 11) is 0. The maximum Gasteiger partial charge on any atom is 0.265 e. The van der Waals surface area contributed by atoms with Gasteiger partial charge in [0.1, 0.15) is 18.1 Å². The first kappa shape index (κ1) is 19.4. The molecule has 0 aliphatic carbocycles. The molecule has 0 bridgehead atoms. The molecule has 4 rings (SSSR count). The third kappa shape index (κ3) is 3.72. The van der Waals surface area contributed by atoms with Gasteiger partial charge in [0.2, 0.25) is 5.91 Å². The molecule has 8 heteroatoms. The first-order chi connectivity index (χ1) is 14.0. The van der Waals surface area contributed by atoms with Crippen LogP contribution < -0.4 is 15.0 Å². The number of ether oxygens (including phenoxy) is 1. The Hall–Kier alpha value is -2.87. The second kappa shape index (κ2) is 7.87. The SMILES string of the molecule is CCn1c(C(C)NC(=O)CN2C(=O)COc3cc(Br)ccc32)nc2ccccc21. The Morgan fingerprint density at radius 2 is 2.10 bits per heavy atom. The average molecular weight is 457 g/mol. The maximum atomic E-state index is 12.7. The number of nitrogens with zero attached hydrogens (tertiary/aromatic N) is 3. The van der Waals surface area contributed by atoms with Gasteiger partial charge in [-0.05, 0) is 44.2 Å². The number of fused-ring (bicyclic) bond motifs is 2. The van der Waals surface area contributed by atoms with Crippen LogP contribution in [-0.4, -0.2) is 34.5 Å². The Morgan fingerprint density at radius 1 is 1.31 bits per heavy atom. The second-order valence-corrected chi connectivity index (χ2v) is 7.79. The lowest BCUT2D eigenvalue weighted by Crippen LogP contribution is -2.45. The van der Waals surface area contributed by atoms with Crippen molar-refractivity contribution in [3.8, 4) is 5.75 Å². The summed E-state index contributed by atoms with van der Waals surface area (Å²) in [6.45, 7) is 4.54. The van der Waals surface area contributed by atoms with E-state index in [1.54, 1.807) is 12.1 Å². The van der Waals surface area contributed by atoms with E-state index in [1.807, 2.05) is 44.2 Å². The number of anilines is 1. The number of hydrogen-bond donors (Lipinski definition) is 1. The molecule has 2 aromatic carbocycles. The standard InChI is InChI=1S/C21H21BrN4O3/c1-3-25-16-7-5-4-6-15(16)24-21(25)13(2)23-19(27)11-26-17-9-8-14(22)10-18(17)29-12-20(26)28/h4-10,13H,3,11-12H2,1-2H3,(H,23,27). The summed E-state index contributed by atoms with van der Waals surface area (Å²) in [5.74, 6) is 0.868. The number of carbonyl (C=O) groups is 2. The quantitative estimate of drug-likeness (QED) is 0.637. The zero-order valence-electron chi connectivity index (χ0n) is 16.2. The number of nitrogens with one attached hydrogen (secondary N) is 1. The van der Waals surface area contributed by atoms with E-state index in [4.69, 9.17) is 4.74 Å². The molecule has 150 valence electrons. The summed E-state index contributed by atoms with van der Waals surface area (Å²) in [4.78, 5) is 31.2. The topological polar surface area (TPSA) is 76.5 Å². The molecule has 3 aromatic rings. The fourth-order valence-corrected chi connectivity index (χ4v) is 3.94. The lowest BCUT2D eigenvalue weighted by Gasteiger charge is -2.29. The molecule has 1 unspecified atom stereocenters. The molecule has 0 spiro atoms. The number of aryl methyl sites for hydroxylation is 1. The number of benzene rings is 2. The molecule has 2 amide bonds. The highest BCUT2D eigenvalue weighted by molar-refractivity contribution is 9.10. The number of carbonyl (C=O) groups excluding carboxylic acids is 2. The van der Waals surface area contributed by atoms with Gasteiger partial charge in [-0.15, -0.1) is 0 Å². The Labute approximate surface area is 176 Å². The fourth-order valence-electron chi connectivity index (χ4n) is 3.60. The third-order valence-electron chi connectivity index (χ3n) is 4.93. The lowest BCUT2D eigenvalue weighted by molar-refractivity contribution is -0.125. The van der Waals surface area contributed by atoms with Gasteiger partial charge in [-0.3, -0.25) is 14.5 Å². The minimum atomic E-state index is -0.296. The molecule has 0 saturated carbocycles. The van der Waals surface area contributed by atoms with Crippen molar-refractivity contribution in [2.75, 3.05) is 18.1 Å². The van der Waals surface area contributed by atoms with Crippen molar-refractivity contribution in [1.82, 2.24) is 14.9 Å². The van der Waals surface area contributed by atoms with E-state index >= 15 is 0 Å². The highest BCUT2D eigenvalue weighted by atomic mass is 79.9. The van der Waals surface area contributed by atoms with Crippen molar-refractivity contribution in [2.45, 2.75) is 26.4 Å². The average Bonchev–Trinajstić information content (AvgIpc) is 3.09. The molecule has 7 nitrogen and oxygen atoms in total. The van der Waals surface area contributed by atoms with E-state index in [0.29, 0.717) is 11.4 Å². The minimum Gasteiger partial charge on any atom is -0.482 e. The highest BCUT2D eigenvalue weighted by Gasteiger charge is 2.28. The maximum absolute atomic E-state index is 12.7. The Morgan fingerprint density at radius 3 is 2.90 bits per heavy atom. The highest BCUT2D eigenvalue weighted by Crippen LogP contribution is 2.34. The molecule has 2 heterocycles. The van der Waals surface area contributed by atoms with Crippen LogP contribution in [0.15, 0.2) is 46.9 Å². The van der Waals surface area contributed by atoms with E-state index in [0.717, 1.165) is 27.9 Å². The predicted octanol–water partition coefficient (Wildman–Crippen LogP) is 3.42. The van der Waals surface area contributed by atoms with Crippen molar-refractivity contribution in [3.05, 3.63) is 52.8 Å². The van der Waals surface area contributed by atoms with Crippen molar-refractivity contribution in [2.24, 2.45) is 0 Å². The third-order valence-corrected chi connectivity index (χ3v) is 5.42. The van der Waals surface area contributed by atoms with E-state index < -0.39 is 0 Å². The number of amides is 2. The summed E-state index contributed by atoms with van der Waals surface area (Å²) in [5.41, 5.74) is 2.52. The van der Waals surface area contributed by atoms with Crippen LogP contribution in [0.1, 0.15) is 25.7 Å². The Bertz CT molecular complexity index is 1090. The van der Waals surface area contributed by atoms with Crippen LogP contribution in [0.5, 0.6) is 5.75 Å². The molecule has 29 heavy (non-hydrogen) atoms. The molecule has 1 N–H and O–H groups in total. The van der Waals surface area contributed by atoms with Gasteiger partial charge in [0.15, 0.2) is 6.61 Å². The van der Waals surface area contributed by atoms with Gasteiger partial charge in [-0.2, -0.15) is 0 Å². The van der Waals surface area contributed by atoms with Crippen molar-refractivity contribution in [1.29, 1.82) is 0 Å². The van der Waals surface area contributed by atoms with Gasteiger partial charge in [-0.1, -0.05) is 28.1 Å². The van der Waals surface area contributed by atoms with Gasteiger partial charge in [0, 0.05) is 11.0 Å². The van der Waals surface area contributed by atoms with Gasteiger partial charge >= 0.3 is 0 Å². The van der Waals surface area contributed by atoms with Crippen molar-refractivity contribution >= 4 is 44.5 Å². The molecule has 1 aliphatic rings. The zero-order chi connectivity index (χ0) is 20.5. The first-order valence-electron chi connectivity index (χ1n) is 9.45. The number of para-hydroxylation sites is 2. The van der Waals surface area contributed by atoms with Crippen LogP contribution >= 0.6 is 15.9 Å². The number of rotatable bonds is 5. The van der Waals surface area contributed by atoms with Crippen LogP contribution in [0.3, 0.4) is 0 Å². The first-order valence-corrected chi connectivity index (χ1v) is 10.2. The molecule has 0 saturated heterocycles. The van der Waals surface area contributed by atoms with Crippen LogP contribution in [0.4, 0.5) is 5.69 Å². The molecular formula is C21H21BrN4O3. The number of imidazole rings is 1. The summed E-state index contributed by atoms with van der Waals surface area (Å²) < 4.78 is 8.42. The van der Waals surface area contributed by atoms with Gasteiger partial charge in [0.25, 0.3) is 5.91 Å². The van der Waals surface area contributed by atoms with Crippen LogP contribution in [0.2, 0.25) is 0 Å². The summed E-state index contributed by atoms with van der Waals surface area (Å²) in [5, 5.41) is 2.98. The summed E-state index contributed by atoms with van der Waals surface area (Å²) >= 11 is 3.39. The van der Waals surface area contributed by atoms with Crippen LogP contribution in [0.25, 0.3) is 11.0 Å². The molecule has 0 fully saturated rings. The lowest BCUT2D eigenvalue weighted by atomic mass is 10.2. The van der Waals surface area contributed by atoms with E-state index in [1.165, 1.54) is 4.90 Å². The largest absolute Gasteiger partial charge is 0.482 e. The Kier molecular flexibility index (Phi) is 5.27. The molecule has 1 aromatic heterocycles. The normalized spacial score (nSPS) is 14.4. The number of hydrogen-bond acceptors (Lipinski definition) is 4. The van der Waals surface area contributed by atoms with Crippen LogP contribution in [-0.2, 0) is 16.1 Å². The summed E-state index contributed by atoms with van der Waals surface area (Å²) in [6, 6.07) is 13.0. The number of halogens is 1. The smallest absolute Gasteiger partial charge is 0.265 e. The van der Waals surface area contributed by atoms with Gasteiger partial charge in [-0.25, -0.2) is 4.98 Å². The number of aromatic nitrogens is 2. The second-order valence-electron chi connectivity index (χ2n) is 6.87. The molecule has 1 aliphatic heterocycles. The fraction of sp³-hybridized carbons (Fsp3) is 0.286. The van der Waals surface area contributed by atoms with Crippen LogP contribution in [0, 0.1) is 0 Å². The van der Waals surface area contributed by atoms with Crippen molar-refractivity contribution in [3.63, 3.8) is 0 Å². The summed E-state index contributed by atoms with van der Waals surface area (Å²) in [6.07, 6.45) is 0. The zero-order valence-corrected chi connectivity index (χ0v) is 17.8. The Balaban J connectivity index is 1.53. The van der Waals surface area contributed by atoms with E-state index in [9.17, 15) is 9.59 Å². The molecular weight excluding hydrogens is 436 g/mol. The van der Waals surface area contributed by atoms with Gasteiger partial charge < -0.3 is 14.6 Å². The van der Waals surface area contributed by atoms with Gasteiger partial charge in [0.05, 0.1) is 22.8 Å². The minimum absolute atomic E-state index is 0.0759.